The molecule has 6 aromatic carbocycles. The predicted octanol–water partition coefficient (Wildman–Crippen LogP) is 9.87. The lowest BCUT2D eigenvalue weighted by Gasteiger charge is -2.11. The van der Waals surface area contributed by atoms with Gasteiger partial charge in [0.2, 0.25) is 0 Å². The number of rotatable bonds is 4. The molecule has 0 N–H and O–H groups in total. The van der Waals surface area contributed by atoms with E-state index in [4.69, 9.17) is 34.6 Å². The average Bonchev–Trinajstić information content (AvgIpc) is 3.88. The van der Waals surface area contributed by atoms with Gasteiger partial charge in [-0.3, -0.25) is 0 Å². The summed E-state index contributed by atoms with van der Waals surface area (Å²) in [5, 5.41) is -1.60. The van der Waals surface area contributed by atoms with Gasteiger partial charge in [0.25, 0.3) is 0 Å². The molecule has 0 unspecified atom stereocenters. The summed E-state index contributed by atoms with van der Waals surface area (Å²) in [4.78, 5) is 12.9. The molecule has 0 amide bonds. The summed E-state index contributed by atoms with van der Waals surface area (Å²) in [5.74, 6) is -2.47. The van der Waals surface area contributed by atoms with Gasteiger partial charge in [-0.05, 0) is 42.3 Å². The number of fused-ring (bicyclic) bond motifs is 6. The molecular weight excluding hydrogens is 540 g/mol. The van der Waals surface area contributed by atoms with E-state index in [1.54, 1.807) is 0 Å². The normalized spacial score (nSPS) is 19.3. The first-order valence-electron chi connectivity index (χ1n) is 24.7. The van der Waals surface area contributed by atoms with Gasteiger partial charge in [-0.15, -0.1) is 0 Å². The third-order valence-corrected chi connectivity index (χ3v) is 6.56. The summed E-state index contributed by atoms with van der Waals surface area (Å²) >= 11 is 0. The Bertz CT molecular complexity index is 3760. The maximum Gasteiger partial charge on any atom is 0.164 e. The van der Waals surface area contributed by atoms with Crippen LogP contribution in [0.2, 0.25) is 0 Å². The first kappa shape index (κ1) is 10.6. The minimum absolute atomic E-state index is 0.329. The highest BCUT2D eigenvalue weighted by Crippen LogP contribution is 2.35. The van der Waals surface area contributed by atoms with Gasteiger partial charge >= 0.3 is 0 Å². The number of hydrogen-bond acceptors (Lipinski definition) is 4. The number of benzene rings is 6. The summed E-state index contributed by atoms with van der Waals surface area (Å²) in [5.41, 5.74) is -5.13. The van der Waals surface area contributed by atoms with E-state index < -0.39 is 218 Å². The van der Waals surface area contributed by atoms with Crippen molar-refractivity contribution in [2.75, 3.05) is 0 Å². The quantitative estimate of drug-likeness (QED) is 0.205. The molecule has 0 aliphatic rings. The van der Waals surface area contributed by atoms with Crippen LogP contribution >= 0.6 is 0 Å². The smallest absolute Gasteiger partial charge is 0.164 e. The molecule has 0 saturated carbocycles. The molecule has 0 radical (unpaired) electrons. The van der Waals surface area contributed by atoms with Crippen molar-refractivity contribution < 1.29 is 37.3 Å². The molecule has 9 aromatic rings. The molecule has 44 heavy (non-hydrogen) atoms. The SMILES string of the molecule is [2H]c1c([2H])c([2H])c(-c2nc(-c3c([2H])c([2H])c([2H])c(-n4c5c([2H])c([2H])c([2H])c([2H])c5c5c([2H])c([2H])c([2H])c([2H])c54)c3[2H])nc(-c3c([2H])c([2H])c4c(oc5c([2H])c([2H])c([2H])c([2H])c54)c3[2H])n2)c([2H])c1[2H]. The topological polar surface area (TPSA) is 56.7 Å². The highest BCUT2D eigenvalue weighted by Gasteiger charge is 2.16. The second-order valence-electron chi connectivity index (χ2n) is 9.07. The molecule has 0 atom stereocenters. The molecule has 0 saturated heterocycles. The van der Waals surface area contributed by atoms with E-state index in [1.165, 1.54) is 0 Å². The van der Waals surface area contributed by atoms with Crippen LogP contribution in [0.25, 0.3) is 83.6 Å². The van der Waals surface area contributed by atoms with Gasteiger partial charge in [0, 0.05) is 43.9 Å². The number of para-hydroxylation sites is 3. The van der Waals surface area contributed by atoms with Gasteiger partial charge in [0.15, 0.2) is 17.5 Å². The summed E-state index contributed by atoms with van der Waals surface area (Å²) in [6.07, 6.45) is 0. The number of aromatic nitrogens is 4. The van der Waals surface area contributed by atoms with E-state index in [0.29, 0.717) is 0 Å². The van der Waals surface area contributed by atoms with E-state index in [-0.39, 0.29) is 10.8 Å². The van der Waals surface area contributed by atoms with Gasteiger partial charge in [-0.2, -0.15) is 0 Å². The molecule has 0 fully saturated rings. The van der Waals surface area contributed by atoms with E-state index in [9.17, 15) is 2.74 Å². The van der Waals surface area contributed by atoms with Crippen molar-refractivity contribution in [3.8, 4) is 39.9 Å². The number of nitrogens with zero attached hydrogens (tertiary/aromatic N) is 4. The third kappa shape index (κ3) is 3.91. The highest BCUT2D eigenvalue weighted by atomic mass is 16.3. The maximum absolute atomic E-state index is 9.65. The van der Waals surface area contributed by atoms with Crippen LogP contribution in [-0.4, -0.2) is 19.5 Å². The lowest BCUT2D eigenvalue weighted by atomic mass is 10.1. The molecule has 5 nitrogen and oxygen atoms in total. The van der Waals surface area contributed by atoms with Gasteiger partial charge in [-0.1, -0.05) is 103 Å². The minimum Gasteiger partial charge on any atom is -0.456 e. The van der Waals surface area contributed by atoms with Gasteiger partial charge in [0.1, 0.15) is 11.2 Å². The van der Waals surface area contributed by atoms with Crippen molar-refractivity contribution in [1.29, 1.82) is 0 Å². The largest absolute Gasteiger partial charge is 0.456 e. The Kier molecular flexibility index (Phi) is 2.34. The minimum atomic E-state index is -1.01. The predicted molar refractivity (Wildman–Crippen MR) is 178 cm³/mol. The number of hydrogen-bond donors (Lipinski definition) is 0. The fourth-order valence-electron chi connectivity index (χ4n) is 4.68. The Morgan fingerprint density at radius 1 is 0.432 bits per heavy atom. The van der Waals surface area contributed by atoms with Gasteiger partial charge < -0.3 is 8.98 Å². The van der Waals surface area contributed by atoms with Crippen molar-refractivity contribution in [2.45, 2.75) is 0 Å². The fraction of sp³-hybridized carbons (Fsp3) is 0. The fourth-order valence-corrected chi connectivity index (χ4v) is 4.68. The average molecular weight is 589 g/mol. The van der Waals surface area contributed by atoms with Crippen LogP contribution < -0.4 is 0 Å². The lowest BCUT2D eigenvalue weighted by Crippen LogP contribution is -2.01. The molecule has 0 aliphatic heterocycles. The Labute approximate surface area is 286 Å². The van der Waals surface area contributed by atoms with Crippen LogP contribution in [0.1, 0.15) is 32.9 Å². The van der Waals surface area contributed by atoms with Crippen LogP contribution in [0.5, 0.6) is 0 Å². The van der Waals surface area contributed by atoms with Crippen LogP contribution in [0.3, 0.4) is 0 Å². The zero-order chi connectivity index (χ0) is 49.9. The standard InChI is InChI=1S/C39H24N4O/c1-2-11-25(12-3-1)37-40-38(42-39(41-37)27-21-22-32-31-17-6-9-20-35(31)44-36(32)24-27)26-13-10-14-28(23-26)43-33-18-7-4-15-29(33)30-16-5-8-19-34(30)43/h1-24H/i1D,2D,3D,4D,5D,6D,7D,8D,9D,10D,11D,12D,13D,14D,15D,16D,17D,18D,19D,20D,21D,22D,23D,24D. The molecule has 0 aliphatic carbocycles. The molecule has 3 aromatic heterocycles. The van der Waals surface area contributed by atoms with Crippen molar-refractivity contribution in [3.05, 3.63) is 145 Å². The second kappa shape index (κ2) is 9.75. The zero-order valence-corrected chi connectivity index (χ0v) is 21.7. The first-order chi connectivity index (χ1) is 31.8. The van der Waals surface area contributed by atoms with Gasteiger partial charge in [-0.25, -0.2) is 15.0 Å². The number of furan rings is 1. The summed E-state index contributed by atoms with van der Waals surface area (Å²) in [7, 11) is 0. The maximum atomic E-state index is 9.65. The molecular formula is C39H24N4O. The van der Waals surface area contributed by atoms with Gasteiger partial charge in [0.05, 0.1) is 43.9 Å². The van der Waals surface area contributed by atoms with Crippen molar-refractivity contribution >= 4 is 43.7 Å². The molecule has 0 spiro atoms. The third-order valence-electron chi connectivity index (χ3n) is 6.56. The molecule has 3 heterocycles. The lowest BCUT2D eigenvalue weighted by molar-refractivity contribution is 0.669. The van der Waals surface area contributed by atoms with Crippen molar-refractivity contribution in [2.24, 2.45) is 0 Å². The van der Waals surface area contributed by atoms with Crippen LogP contribution in [0, 0.1) is 0 Å². The molecule has 9 rings (SSSR count). The molecule has 206 valence electrons. The Balaban J connectivity index is 1.47. The van der Waals surface area contributed by atoms with E-state index in [0.717, 1.165) is 4.57 Å². The summed E-state index contributed by atoms with van der Waals surface area (Å²) in [6.45, 7) is 0. The Hall–Kier alpha value is -6.07. The molecule has 0 bridgehead atoms. The van der Waals surface area contributed by atoms with Crippen LogP contribution in [0.4, 0.5) is 0 Å². The second-order valence-corrected chi connectivity index (χ2v) is 9.07. The Morgan fingerprint density at radius 3 is 1.70 bits per heavy atom. The van der Waals surface area contributed by atoms with Crippen molar-refractivity contribution in [3.63, 3.8) is 0 Å². The van der Waals surface area contributed by atoms with Crippen molar-refractivity contribution in [1.82, 2.24) is 19.5 Å². The first-order valence-corrected chi connectivity index (χ1v) is 12.7. The zero-order valence-electron chi connectivity index (χ0n) is 45.7. The van der Waals surface area contributed by atoms with E-state index in [1.807, 2.05) is 0 Å². The highest BCUT2D eigenvalue weighted by molar-refractivity contribution is 6.09. The van der Waals surface area contributed by atoms with E-state index >= 15 is 0 Å². The van der Waals surface area contributed by atoms with E-state index in [2.05, 4.69) is 15.0 Å². The monoisotopic (exact) mass is 588 g/mol. The molecule has 5 heteroatoms. The summed E-state index contributed by atoms with van der Waals surface area (Å²) < 4.78 is 216. The van der Waals surface area contributed by atoms with Crippen LogP contribution in [0.15, 0.2) is 149 Å². The van der Waals surface area contributed by atoms with Crippen LogP contribution in [-0.2, 0) is 0 Å². The summed E-state index contributed by atoms with van der Waals surface area (Å²) in [6, 6.07) is -19.9. The Morgan fingerprint density at radius 2 is 0.977 bits per heavy atom.